The standard InChI is InChI=1S/C12H12O2/c1-2-8-4-3-5-9-6-11(13)12(14)7-10(8)9/h1,3-5,11-14H,6-7H2/t11-,12+/m0/s1. The highest BCUT2D eigenvalue weighted by Gasteiger charge is 2.25. The first-order valence-electron chi connectivity index (χ1n) is 4.66. The van der Waals surface area contributed by atoms with Gasteiger partial charge in [-0.25, -0.2) is 0 Å². The molecule has 72 valence electrons. The predicted octanol–water partition coefficient (Wildman–Crippen LogP) is 0.488. The van der Waals surface area contributed by atoms with Crippen LogP contribution in [0.25, 0.3) is 0 Å². The molecule has 2 atom stereocenters. The lowest BCUT2D eigenvalue weighted by Gasteiger charge is -2.26. The Labute approximate surface area is 83.2 Å². The van der Waals surface area contributed by atoms with Crippen molar-refractivity contribution in [2.24, 2.45) is 0 Å². The van der Waals surface area contributed by atoms with Gasteiger partial charge in [0.2, 0.25) is 0 Å². The third-order valence-corrected chi connectivity index (χ3v) is 2.72. The molecule has 0 saturated heterocycles. The van der Waals surface area contributed by atoms with Crippen molar-refractivity contribution in [3.05, 3.63) is 34.9 Å². The second-order valence-electron chi connectivity index (χ2n) is 3.63. The van der Waals surface area contributed by atoms with Crippen LogP contribution >= 0.6 is 0 Å². The van der Waals surface area contributed by atoms with Crippen molar-refractivity contribution < 1.29 is 10.2 Å². The van der Waals surface area contributed by atoms with Crippen molar-refractivity contribution in [2.45, 2.75) is 25.0 Å². The van der Waals surface area contributed by atoms with Gasteiger partial charge in [0.25, 0.3) is 0 Å². The summed E-state index contributed by atoms with van der Waals surface area (Å²) in [6.45, 7) is 0. The normalized spacial score (nSPS) is 25.2. The first-order chi connectivity index (χ1) is 6.72. The molecule has 0 heterocycles. The van der Waals surface area contributed by atoms with Crippen LogP contribution in [0.1, 0.15) is 16.7 Å². The molecule has 0 fully saturated rings. The van der Waals surface area contributed by atoms with Gasteiger partial charge in [-0.05, 0) is 17.2 Å². The van der Waals surface area contributed by atoms with Crippen molar-refractivity contribution in [1.82, 2.24) is 0 Å². The van der Waals surface area contributed by atoms with Crippen LogP contribution in [0.4, 0.5) is 0 Å². The first kappa shape index (κ1) is 9.26. The molecular weight excluding hydrogens is 176 g/mol. The Morgan fingerprint density at radius 3 is 2.64 bits per heavy atom. The molecule has 0 unspecified atom stereocenters. The van der Waals surface area contributed by atoms with E-state index in [4.69, 9.17) is 6.42 Å². The molecule has 0 bridgehead atoms. The summed E-state index contributed by atoms with van der Waals surface area (Å²) in [7, 11) is 0. The molecule has 0 radical (unpaired) electrons. The van der Waals surface area contributed by atoms with Gasteiger partial charge in [0.05, 0.1) is 12.2 Å². The Balaban J connectivity index is 2.47. The van der Waals surface area contributed by atoms with Crippen molar-refractivity contribution in [1.29, 1.82) is 0 Å². The number of hydrogen-bond donors (Lipinski definition) is 2. The van der Waals surface area contributed by atoms with E-state index in [9.17, 15) is 10.2 Å². The summed E-state index contributed by atoms with van der Waals surface area (Å²) in [6.07, 6.45) is 4.97. The SMILES string of the molecule is C#Cc1cccc2c1C[C@@H](O)[C@@H](O)C2. The molecule has 2 heteroatoms. The average Bonchev–Trinajstić information content (AvgIpc) is 2.19. The van der Waals surface area contributed by atoms with Gasteiger partial charge >= 0.3 is 0 Å². The maximum atomic E-state index is 9.53. The summed E-state index contributed by atoms with van der Waals surface area (Å²) >= 11 is 0. The molecule has 1 aromatic carbocycles. The lowest BCUT2D eigenvalue weighted by molar-refractivity contribution is 0.0141. The Morgan fingerprint density at radius 1 is 1.21 bits per heavy atom. The molecule has 1 aliphatic rings. The van der Waals surface area contributed by atoms with Crippen LogP contribution in [0, 0.1) is 12.3 Å². The molecule has 1 aromatic rings. The van der Waals surface area contributed by atoms with Crippen molar-refractivity contribution in [3.8, 4) is 12.3 Å². The molecule has 0 spiro atoms. The fraction of sp³-hybridized carbons (Fsp3) is 0.333. The van der Waals surface area contributed by atoms with Crippen LogP contribution in [0.5, 0.6) is 0 Å². The summed E-state index contributed by atoms with van der Waals surface area (Å²) in [6, 6.07) is 5.70. The Morgan fingerprint density at radius 2 is 1.93 bits per heavy atom. The number of rotatable bonds is 0. The summed E-state index contributed by atoms with van der Waals surface area (Å²) in [5, 5.41) is 19.0. The van der Waals surface area contributed by atoms with Gasteiger partial charge < -0.3 is 10.2 Å². The fourth-order valence-electron chi connectivity index (χ4n) is 1.91. The second kappa shape index (κ2) is 3.45. The van der Waals surface area contributed by atoms with Gasteiger partial charge in [-0.2, -0.15) is 0 Å². The maximum absolute atomic E-state index is 9.53. The van der Waals surface area contributed by atoms with Crippen molar-refractivity contribution in [2.75, 3.05) is 0 Å². The van der Waals surface area contributed by atoms with Gasteiger partial charge in [-0.15, -0.1) is 6.42 Å². The third-order valence-electron chi connectivity index (χ3n) is 2.72. The van der Waals surface area contributed by atoms with E-state index in [2.05, 4.69) is 5.92 Å². The van der Waals surface area contributed by atoms with E-state index in [1.54, 1.807) is 0 Å². The number of hydrogen-bond acceptors (Lipinski definition) is 2. The van der Waals surface area contributed by atoms with Crippen LogP contribution in [0.2, 0.25) is 0 Å². The quantitative estimate of drug-likeness (QED) is 0.582. The molecule has 0 saturated carbocycles. The van der Waals surface area contributed by atoms with Crippen LogP contribution in [-0.2, 0) is 12.8 Å². The van der Waals surface area contributed by atoms with E-state index in [1.807, 2.05) is 18.2 Å². The van der Waals surface area contributed by atoms with Crippen molar-refractivity contribution in [3.63, 3.8) is 0 Å². The average molecular weight is 188 g/mol. The van der Waals surface area contributed by atoms with E-state index in [-0.39, 0.29) is 0 Å². The highest BCUT2D eigenvalue weighted by atomic mass is 16.3. The molecule has 14 heavy (non-hydrogen) atoms. The molecular formula is C12H12O2. The summed E-state index contributed by atoms with van der Waals surface area (Å²) in [5.74, 6) is 2.60. The molecule has 0 amide bonds. The minimum absolute atomic E-state index is 0.455. The van der Waals surface area contributed by atoms with Crippen LogP contribution in [0.3, 0.4) is 0 Å². The van der Waals surface area contributed by atoms with Gasteiger partial charge in [0, 0.05) is 18.4 Å². The number of terminal acetylenes is 1. The lowest BCUT2D eigenvalue weighted by atomic mass is 9.85. The Kier molecular flexibility index (Phi) is 2.28. The van der Waals surface area contributed by atoms with Crippen LogP contribution in [-0.4, -0.2) is 22.4 Å². The number of aliphatic hydroxyl groups excluding tert-OH is 2. The largest absolute Gasteiger partial charge is 0.390 e. The smallest absolute Gasteiger partial charge is 0.0843 e. The maximum Gasteiger partial charge on any atom is 0.0843 e. The van der Waals surface area contributed by atoms with Gasteiger partial charge in [0.15, 0.2) is 0 Å². The minimum Gasteiger partial charge on any atom is -0.390 e. The van der Waals surface area contributed by atoms with E-state index in [0.29, 0.717) is 12.8 Å². The topological polar surface area (TPSA) is 40.5 Å². The third kappa shape index (κ3) is 1.41. The van der Waals surface area contributed by atoms with E-state index in [0.717, 1.165) is 16.7 Å². The van der Waals surface area contributed by atoms with Crippen LogP contribution < -0.4 is 0 Å². The zero-order valence-corrected chi connectivity index (χ0v) is 7.77. The van der Waals surface area contributed by atoms with Crippen LogP contribution in [0.15, 0.2) is 18.2 Å². The minimum atomic E-state index is -0.683. The summed E-state index contributed by atoms with van der Waals surface area (Å²) in [4.78, 5) is 0. The molecule has 2 N–H and O–H groups in total. The monoisotopic (exact) mass is 188 g/mol. The molecule has 1 aliphatic carbocycles. The zero-order chi connectivity index (χ0) is 10.1. The summed E-state index contributed by atoms with van der Waals surface area (Å²) < 4.78 is 0. The highest BCUT2D eigenvalue weighted by molar-refractivity contribution is 5.46. The highest BCUT2D eigenvalue weighted by Crippen LogP contribution is 2.24. The number of benzene rings is 1. The van der Waals surface area contributed by atoms with Crippen molar-refractivity contribution >= 4 is 0 Å². The Bertz CT molecular complexity index is 390. The predicted molar refractivity (Wildman–Crippen MR) is 53.8 cm³/mol. The van der Waals surface area contributed by atoms with E-state index < -0.39 is 12.2 Å². The number of fused-ring (bicyclic) bond motifs is 1. The molecule has 2 nitrogen and oxygen atoms in total. The summed E-state index contributed by atoms with van der Waals surface area (Å²) in [5.41, 5.74) is 2.89. The number of aliphatic hydroxyl groups is 2. The van der Waals surface area contributed by atoms with E-state index >= 15 is 0 Å². The van der Waals surface area contributed by atoms with Gasteiger partial charge in [0.1, 0.15) is 0 Å². The van der Waals surface area contributed by atoms with E-state index in [1.165, 1.54) is 0 Å². The first-order valence-corrected chi connectivity index (χ1v) is 4.66. The van der Waals surface area contributed by atoms with Gasteiger partial charge in [-0.3, -0.25) is 0 Å². The lowest BCUT2D eigenvalue weighted by Crippen LogP contribution is -2.34. The fourth-order valence-corrected chi connectivity index (χ4v) is 1.91. The van der Waals surface area contributed by atoms with Gasteiger partial charge in [-0.1, -0.05) is 18.1 Å². The molecule has 0 aliphatic heterocycles. The molecule has 0 aromatic heterocycles. The Hall–Kier alpha value is -1.30. The second-order valence-corrected chi connectivity index (χ2v) is 3.63. The molecule has 2 rings (SSSR count). The zero-order valence-electron chi connectivity index (χ0n) is 7.77.